The quantitative estimate of drug-likeness (QED) is 0.744. The molecule has 2 nitrogen and oxygen atoms in total. The molecule has 0 saturated heterocycles. The number of aliphatic hydroxyl groups excluding tert-OH is 1. The maximum absolute atomic E-state index is 9.61. The Bertz CT molecular complexity index is 327. The van der Waals surface area contributed by atoms with Crippen LogP contribution in [0.15, 0.2) is 29.2 Å². The van der Waals surface area contributed by atoms with Crippen LogP contribution in [0.25, 0.3) is 0 Å². The van der Waals surface area contributed by atoms with Crippen molar-refractivity contribution in [3.8, 4) is 0 Å². The number of benzene rings is 1. The molecule has 0 aliphatic carbocycles. The second-order valence-corrected chi connectivity index (χ2v) is 4.97. The van der Waals surface area contributed by atoms with Crippen molar-refractivity contribution < 1.29 is 5.11 Å². The largest absolute Gasteiger partial charge is 0.392 e. The monoisotopic (exact) mass is 209 g/mol. The maximum Gasteiger partial charge on any atom is 0.0653 e. The Morgan fingerprint density at radius 1 is 1.43 bits per heavy atom. The summed E-state index contributed by atoms with van der Waals surface area (Å²) in [6.45, 7) is 3.96. The predicted molar refractivity (Wildman–Crippen MR) is 60.9 cm³/mol. The minimum atomic E-state index is -0.282. The lowest BCUT2D eigenvalue weighted by atomic mass is 10.1. The van der Waals surface area contributed by atoms with Crippen LogP contribution >= 0.6 is 11.8 Å². The number of aliphatic hydroxyl groups is 1. The summed E-state index contributed by atoms with van der Waals surface area (Å²) in [5.74, 6) is 0. The Morgan fingerprint density at radius 3 is 2.86 bits per heavy atom. The summed E-state index contributed by atoms with van der Waals surface area (Å²) in [5.41, 5.74) is 1.18. The van der Waals surface area contributed by atoms with Crippen LogP contribution < -0.4 is 5.32 Å². The number of thioether (sulfide) groups is 1. The molecule has 0 amide bonds. The number of hydrogen-bond donors (Lipinski definition) is 2. The van der Waals surface area contributed by atoms with Crippen molar-refractivity contribution >= 4 is 17.4 Å². The third-order valence-electron chi connectivity index (χ3n) is 2.50. The Morgan fingerprint density at radius 2 is 2.14 bits per heavy atom. The number of fused-ring (bicyclic) bond motifs is 1. The molecule has 2 rings (SSSR count). The summed E-state index contributed by atoms with van der Waals surface area (Å²) < 4.78 is 0. The van der Waals surface area contributed by atoms with Crippen molar-refractivity contribution in [1.29, 1.82) is 0 Å². The first-order valence-electron chi connectivity index (χ1n) is 4.89. The van der Waals surface area contributed by atoms with E-state index in [2.05, 4.69) is 24.4 Å². The lowest BCUT2D eigenvalue weighted by molar-refractivity contribution is 0.185. The van der Waals surface area contributed by atoms with Crippen LogP contribution in [0.5, 0.6) is 0 Å². The molecule has 0 spiro atoms. The highest BCUT2D eigenvalue weighted by Crippen LogP contribution is 2.38. The highest BCUT2D eigenvalue weighted by atomic mass is 32.2. The van der Waals surface area contributed by atoms with Gasteiger partial charge in [0.1, 0.15) is 0 Å². The standard InChI is InChI=1S/C11H15NOS/c1-7-11(8(2)13)14-10-6-4-3-5-9(10)12-7/h3-8,11-13H,1-2H3/t7-,8?,11-/m0/s1. The van der Waals surface area contributed by atoms with Gasteiger partial charge in [0.15, 0.2) is 0 Å². The number of para-hydroxylation sites is 1. The normalized spacial score (nSPS) is 27.6. The average molecular weight is 209 g/mol. The van der Waals surface area contributed by atoms with Gasteiger partial charge in [0.25, 0.3) is 0 Å². The first kappa shape index (κ1) is 9.87. The summed E-state index contributed by atoms with van der Waals surface area (Å²) in [7, 11) is 0. The molecule has 1 aliphatic heterocycles. The van der Waals surface area contributed by atoms with Gasteiger partial charge in [-0.15, -0.1) is 11.8 Å². The Balaban J connectivity index is 2.27. The summed E-state index contributed by atoms with van der Waals surface area (Å²) in [4.78, 5) is 1.23. The van der Waals surface area contributed by atoms with Gasteiger partial charge in [0, 0.05) is 16.6 Å². The summed E-state index contributed by atoms with van der Waals surface area (Å²) in [5, 5.41) is 13.3. The van der Waals surface area contributed by atoms with Crippen LogP contribution in [-0.2, 0) is 0 Å². The van der Waals surface area contributed by atoms with Crippen LogP contribution in [0.4, 0.5) is 5.69 Å². The van der Waals surface area contributed by atoms with Crippen molar-refractivity contribution in [2.45, 2.75) is 36.1 Å². The van der Waals surface area contributed by atoms with Crippen molar-refractivity contribution in [2.75, 3.05) is 5.32 Å². The number of rotatable bonds is 1. The fourth-order valence-corrected chi connectivity index (χ4v) is 2.95. The molecule has 1 heterocycles. The van der Waals surface area contributed by atoms with Gasteiger partial charge in [-0.05, 0) is 26.0 Å². The highest BCUT2D eigenvalue weighted by molar-refractivity contribution is 8.00. The molecule has 0 aromatic heterocycles. The second kappa shape index (κ2) is 3.83. The fourth-order valence-electron chi connectivity index (χ4n) is 1.78. The average Bonchev–Trinajstić information content (AvgIpc) is 2.16. The smallest absolute Gasteiger partial charge is 0.0653 e. The molecule has 0 fully saturated rings. The minimum Gasteiger partial charge on any atom is -0.392 e. The van der Waals surface area contributed by atoms with E-state index >= 15 is 0 Å². The Hall–Kier alpha value is -0.670. The van der Waals surface area contributed by atoms with Crippen LogP contribution in [0.2, 0.25) is 0 Å². The molecule has 3 heteroatoms. The van der Waals surface area contributed by atoms with Gasteiger partial charge in [-0.1, -0.05) is 12.1 Å². The van der Waals surface area contributed by atoms with E-state index in [9.17, 15) is 5.11 Å². The second-order valence-electron chi connectivity index (χ2n) is 3.75. The van der Waals surface area contributed by atoms with E-state index in [1.54, 1.807) is 11.8 Å². The van der Waals surface area contributed by atoms with Gasteiger partial charge in [-0.25, -0.2) is 0 Å². The zero-order chi connectivity index (χ0) is 10.1. The van der Waals surface area contributed by atoms with Gasteiger partial charge in [-0.3, -0.25) is 0 Å². The molecule has 0 bridgehead atoms. The number of nitrogens with one attached hydrogen (secondary N) is 1. The van der Waals surface area contributed by atoms with E-state index in [0.29, 0.717) is 6.04 Å². The van der Waals surface area contributed by atoms with Crippen LogP contribution in [0.1, 0.15) is 13.8 Å². The predicted octanol–water partition coefficient (Wildman–Crippen LogP) is 2.34. The number of hydrogen-bond acceptors (Lipinski definition) is 3. The van der Waals surface area contributed by atoms with Crippen LogP contribution in [-0.4, -0.2) is 22.5 Å². The first-order valence-corrected chi connectivity index (χ1v) is 5.77. The molecule has 1 aromatic rings. The SMILES string of the molecule is CC(O)[C@H]1Sc2ccccc2N[C@H]1C. The lowest BCUT2D eigenvalue weighted by Crippen LogP contribution is -2.38. The Labute approximate surface area is 88.7 Å². The van der Waals surface area contributed by atoms with E-state index in [0.717, 1.165) is 0 Å². The van der Waals surface area contributed by atoms with Crippen LogP contribution in [0, 0.1) is 0 Å². The maximum atomic E-state index is 9.61. The van der Waals surface area contributed by atoms with Crippen LogP contribution in [0.3, 0.4) is 0 Å². The van der Waals surface area contributed by atoms with Gasteiger partial charge < -0.3 is 10.4 Å². The molecule has 2 N–H and O–H groups in total. The summed E-state index contributed by atoms with van der Waals surface area (Å²) in [6.07, 6.45) is -0.282. The van der Waals surface area contributed by atoms with E-state index < -0.39 is 0 Å². The molecule has 14 heavy (non-hydrogen) atoms. The topological polar surface area (TPSA) is 32.3 Å². The zero-order valence-corrected chi connectivity index (χ0v) is 9.21. The van der Waals surface area contributed by atoms with Crippen molar-refractivity contribution in [2.24, 2.45) is 0 Å². The van der Waals surface area contributed by atoms with Crippen molar-refractivity contribution in [1.82, 2.24) is 0 Å². The Kier molecular flexibility index (Phi) is 2.70. The van der Waals surface area contributed by atoms with E-state index in [-0.39, 0.29) is 11.4 Å². The molecule has 1 aliphatic rings. The lowest BCUT2D eigenvalue weighted by Gasteiger charge is -2.33. The van der Waals surface area contributed by atoms with E-state index in [1.165, 1.54) is 10.6 Å². The molecular formula is C11H15NOS. The molecule has 76 valence electrons. The zero-order valence-electron chi connectivity index (χ0n) is 8.40. The molecule has 1 aromatic carbocycles. The molecule has 1 unspecified atom stereocenters. The molecule has 3 atom stereocenters. The van der Waals surface area contributed by atoms with Crippen molar-refractivity contribution in [3.63, 3.8) is 0 Å². The molecule has 0 saturated carbocycles. The van der Waals surface area contributed by atoms with E-state index in [4.69, 9.17) is 0 Å². The van der Waals surface area contributed by atoms with E-state index in [1.807, 2.05) is 19.1 Å². The number of anilines is 1. The van der Waals surface area contributed by atoms with Gasteiger partial charge in [0.2, 0.25) is 0 Å². The van der Waals surface area contributed by atoms with Gasteiger partial charge in [0.05, 0.1) is 11.4 Å². The third-order valence-corrected chi connectivity index (χ3v) is 4.19. The summed E-state index contributed by atoms with van der Waals surface area (Å²) >= 11 is 1.76. The van der Waals surface area contributed by atoms with Gasteiger partial charge >= 0.3 is 0 Å². The highest BCUT2D eigenvalue weighted by Gasteiger charge is 2.28. The summed E-state index contributed by atoms with van der Waals surface area (Å²) in [6, 6.07) is 8.55. The van der Waals surface area contributed by atoms with Gasteiger partial charge in [-0.2, -0.15) is 0 Å². The van der Waals surface area contributed by atoms with Crippen molar-refractivity contribution in [3.05, 3.63) is 24.3 Å². The molecular weight excluding hydrogens is 194 g/mol. The first-order chi connectivity index (χ1) is 6.68. The third kappa shape index (κ3) is 1.74. The minimum absolute atomic E-state index is 0.241. The fraction of sp³-hybridized carbons (Fsp3) is 0.455. The molecule has 0 radical (unpaired) electrons.